The molecule has 9 heteroatoms. The second kappa shape index (κ2) is 7.02. The molecular weight excluding hydrogens is 280 g/mol. The van der Waals surface area contributed by atoms with Gasteiger partial charge in [0.1, 0.15) is 11.7 Å². The Morgan fingerprint density at radius 1 is 1.57 bits per heavy atom. The highest BCUT2D eigenvalue weighted by atomic mass is 16.6. The smallest absolute Gasteiger partial charge is 0.334 e. The van der Waals surface area contributed by atoms with Gasteiger partial charge in [0.15, 0.2) is 0 Å². The minimum Gasteiger partial charge on any atom is -0.480 e. The van der Waals surface area contributed by atoms with Crippen LogP contribution in [0.5, 0.6) is 0 Å². The number of nitrogens with one attached hydrogen (secondary N) is 1. The molecule has 0 aliphatic carbocycles. The van der Waals surface area contributed by atoms with Crippen LogP contribution in [0.15, 0.2) is 0 Å². The Kier molecular flexibility index (Phi) is 5.65. The number of aliphatic carboxylic acids is 1. The van der Waals surface area contributed by atoms with Gasteiger partial charge in [0.2, 0.25) is 5.82 Å². The zero-order valence-electron chi connectivity index (χ0n) is 12.5. The summed E-state index contributed by atoms with van der Waals surface area (Å²) >= 11 is 0. The van der Waals surface area contributed by atoms with E-state index >= 15 is 0 Å². The van der Waals surface area contributed by atoms with E-state index in [1.807, 2.05) is 0 Å². The lowest BCUT2D eigenvalue weighted by atomic mass is 10.1. The highest BCUT2D eigenvalue weighted by Gasteiger charge is 2.31. The normalized spacial score (nSPS) is 12.4. The average molecular weight is 300 g/mol. The fraction of sp³-hybridized carbons (Fsp3) is 0.667. The van der Waals surface area contributed by atoms with Gasteiger partial charge in [0.25, 0.3) is 0 Å². The van der Waals surface area contributed by atoms with Crippen LogP contribution in [0.4, 0.5) is 11.5 Å². The number of nitro groups is 1. The number of nitrogens with zero attached hydrogens (tertiary/aromatic N) is 3. The Bertz CT molecular complexity index is 526. The van der Waals surface area contributed by atoms with E-state index in [2.05, 4.69) is 10.4 Å². The largest absolute Gasteiger partial charge is 0.480 e. The molecule has 1 atom stereocenters. The van der Waals surface area contributed by atoms with E-state index in [1.165, 1.54) is 18.8 Å². The zero-order chi connectivity index (χ0) is 16.2. The van der Waals surface area contributed by atoms with Crippen LogP contribution in [-0.2, 0) is 16.6 Å². The van der Waals surface area contributed by atoms with Crippen LogP contribution in [0.1, 0.15) is 31.9 Å². The van der Waals surface area contributed by atoms with Crippen molar-refractivity contribution in [3.05, 3.63) is 15.8 Å². The van der Waals surface area contributed by atoms with E-state index in [0.29, 0.717) is 5.69 Å². The van der Waals surface area contributed by atoms with Gasteiger partial charge in [-0.05, 0) is 0 Å². The molecule has 0 aromatic carbocycles. The predicted octanol–water partition coefficient (Wildman–Crippen LogP) is 1.35. The molecule has 1 aromatic heterocycles. The van der Waals surface area contributed by atoms with E-state index in [9.17, 15) is 20.0 Å². The van der Waals surface area contributed by atoms with Crippen LogP contribution < -0.4 is 5.32 Å². The van der Waals surface area contributed by atoms with E-state index in [4.69, 9.17) is 4.74 Å². The Hall–Kier alpha value is -2.16. The molecule has 0 aliphatic heterocycles. The summed E-state index contributed by atoms with van der Waals surface area (Å²) in [6.07, 6.45) is 0.186. The Balaban J connectivity index is 3.16. The molecule has 0 saturated heterocycles. The van der Waals surface area contributed by atoms with Crippen LogP contribution in [0.25, 0.3) is 0 Å². The number of aryl methyl sites for hydroxylation is 1. The maximum Gasteiger partial charge on any atom is 0.334 e. The summed E-state index contributed by atoms with van der Waals surface area (Å²) in [4.78, 5) is 21.9. The van der Waals surface area contributed by atoms with Crippen molar-refractivity contribution in [2.75, 3.05) is 19.0 Å². The van der Waals surface area contributed by atoms with Crippen molar-refractivity contribution in [2.45, 2.75) is 32.2 Å². The number of aromatic nitrogens is 2. The van der Waals surface area contributed by atoms with Crippen LogP contribution in [0, 0.1) is 10.1 Å². The maximum absolute atomic E-state index is 11.3. The number of hydrogen-bond acceptors (Lipinski definition) is 6. The van der Waals surface area contributed by atoms with Crippen LogP contribution in [0.3, 0.4) is 0 Å². The number of ether oxygens (including phenoxy) is 1. The number of rotatable bonds is 8. The van der Waals surface area contributed by atoms with Crippen LogP contribution >= 0.6 is 0 Å². The molecule has 1 unspecified atom stereocenters. The number of hydrogen-bond donors (Lipinski definition) is 2. The second-order valence-electron chi connectivity index (χ2n) is 4.93. The lowest BCUT2D eigenvalue weighted by Crippen LogP contribution is -2.31. The molecule has 1 heterocycles. The van der Waals surface area contributed by atoms with Gasteiger partial charge in [0, 0.05) is 33.1 Å². The summed E-state index contributed by atoms with van der Waals surface area (Å²) in [6, 6.07) is -0.987. The van der Waals surface area contributed by atoms with E-state index in [1.54, 1.807) is 13.8 Å². The second-order valence-corrected chi connectivity index (χ2v) is 4.93. The van der Waals surface area contributed by atoms with Crippen molar-refractivity contribution in [2.24, 2.45) is 7.05 Å². The van der Waals surface area contributed by atoms with Crippen LogP contribution in [0.2, 0.25) is 0 Å². The van der Waals surface area contributed by atoms with Crippen molar-refractivity contribution in [1.29, 1.82) is 0 Å². The predicted molar refractivity (Wildman–Crippen MR) is 75.5 cm³/mol. The van der Waals surface area contributed by atoms with Gasteiger partial charge in [0.05, 0.1) is 4.92 Å². The minimum atomic E-state index is -1.10. The summed E-state index contributed by atoms with van der Waals surface area (Å²) in [5, 5.41) is 27.2. The van der Waals surface area contributed by atoms with Gasteiger partial charge >= 0.3 is 11.7 Å². The summed E-state index contributed by atoms with van der Waals surface area (Å²) < 4.78 is 6.15. The molecular formula is C12H20N4O5. The average Bonchev–Trinajstić information content (AvgIpc) is 2.71. The molecule has 21 heavy (non-hydrogen) atoms. The minimum absolute atomic E-state index is 0.0900. The Morgan fingerprint density at radius 2 is 2.19 bits per heavy atom. The fourth-order valence-corrected chi connectivity index (χ4v) is 1.92. The number of carboxylic acids is 1. The molecule has 9 nitrogen and oxygen atoms in total. The molecule has 0 aliphatic rings. The number of anilines is 1. The van der Waals surface area contributed by atoms with Crippen molar-refractivity contribution in [3.8, 4) is 0 Å². The fourth-order valence-electron chi connectivity index (χ4n) is 1.92. The molecule has 0 spiro atoms. The first-order valence-electron chi connectivity index (χ1n) is 6.49. The third-order valence-electron chi connectivity index (χ3n) is 3.00. The van der Waals surface area contributed by atoms with E-state index in [0.717, 1.165) is 0 Å². The monoisotopic (exact) mass is 300 g/mol. The molecule has 0 bridgehead atoms. The van der Waals surface area contributed by atoms with Gasteiger partial charge in [-0.3, -0.25) is 10.1 Å². The van der Waals surface area contributed by atoms with Crippen molar-refractivity contribution in [1.82, 2.24) is 9.78 Å². The maximum atomic E-state index is 11.3. The summed E-state index contributed by atoms with van der Waals surface area (Å²) in [7, 11) is 3.00. The standard InChI is InChI=1S/C12H20N4O5/c1-7(2)9-10(16(19)20)11(15(3)14-9)13-8(12(17)18)5-6-21-4/h7-8,13H,5-6H2,1-4H3,(H,17,18). The first-order chi connectivity index (χ1) is 9.79. The quantitative estimate of drug-likeness (QED) is 0.549. The Morgan fingerprint density at radius 3 is 2.62 bits per heavy atom. The van der Waals surface area contributed by atoms with Gasteiger partial charge in [-0.1, -0.05) is 13.8 Å². The molecule has 0 amide bonds. The summed E-state index contributed by atoms with van der Waals surface area (Å²) in [6.45, 7) is 3.81. The van der Waals surface area contributed by atoms with Gasteiger partial charge < -0.3 is 15.2 Å². The van der Waals surface area contributed by atoms with E-state index < -0.39 is 16.9 Å². The summed E-state index contributed by atoms with van der Waals surface area (Å²) in [5.74, 6) is -1.16. The molecule has 1 aromatic rings. The molecule has 0 fully saturated rings. The third kappa shape index (κ3) is 3.91. The van der Waals surface area contributed by atoms with Crippen molar-refractivity contribution >= 4 is 17.5 Å². The molecule has 0 saturated carbocycles. The topological polar surface area (TPSA) is 120 Å². The zero-order valence-corrected chi connectivity index (χ0v) is 12.5. The van der Waals surface area contributed by atoms with Crippen molar-refractivity contribution in [3.63, 3.8) is 0 Å². The number of carbonyl (C=O) groups is 1. The van der Waals surface area contributed by atoms with Gasteiger partial charge in [-0.15, -0.1) is 0 Å². The molecule has 118 valence electrons. The molecule has 2 N–H and O–H groups in total. The van der Waals surface area contributed by atoms with Crippen molar-refractivity contribution < 1.29 is 19.6 Å². The molecule has 0 radical (unpaired) electrons. The lowest BCUT2D eigenvalue weighted by Gasteiger charge is -2.14. The lowest BCUT2D eigenvalue weighted by molar-refractivity contribution is -0.384. The SMILES string of the molecule is COCCC(Nc1c([N+](=O)[O-])c(C(C)C)nn1C)C(=O)O. The van der Waals surface area contributed by atoms with Crippen LogP contribution in [-0.4, -0.2) is 45.5 Å². The third-order valence-corrected chi connectivity index (χ3v) is 3.00. The Labute approximate surface area is 122 Å². The number of carboxylic acid groups (broad SMARTS) is 1. The highest BCUT2D eigenvalue weighted by molar-refractivity contribution is 5.78. The highest BCUT2D eigenvalue weighted by Crippen LogP contribution is 2.33. The van der Waals surface area contributed by atoms with Gasteiger partial charge in [-0.2, -0.15) is 5.10 Å². The van der Waals surface area contributed by atoms with E-state index in [-0.39, 0.29) is 30.5 Å². The molecule has 1 rings (SSSR count). The number of methoxy groups -OCH3 is 1. The van der Waals surface area contributed by atoms with Gasteiger partial charge in [-0.25, -0.2) is 9.48 Å². The first kappa shape index (κ1) is 16.9. The summed E-state index contributed by atoms with van der Waals surface area (Å²) in [5.41, 5.74) is 0.136. The first-order valence-corrected chi connectivity index (χ1v) is 6.49.